The highest BCUT2D eigenvalue weighted by Gasteiger charge is 2.27. The third-order valence-corrected chi connectivity index (χ3v) is 6.32. The van der Waals surface area contributed by atoms with E-state index in [-0.39, 0.29) is 16.6 Å². The molecule has 0 atom stereocenters. The smallest absolute Gasteiger partial charge is 0.267 e. The normalized spacial score (nSPS) is 14.6. The van der Waals surface area contributed by atoms with Crippen LogP contribution in [0.5, 0.6) is 0 Å². The second-order valence-corrected chi connectivity index (χ2v) is 8.95. The minimum Gasteiger partial charge on any atom is -0.360 e. The van der Waals surface area contributed by atoms with E-state index in [2.05, 4.69) is 23.7 Å². The molecule has 1 aliphatic heterocycles. The lowest BCUT2D eigenvalue weighted by molar-refractivity contribution is -0.118. The van der Waals surface area contributed by atoms with Gasteiger partial charge in [-0.3, -0.25) is 9.52 Å². The number of hydrogen-bond donors (Lipinski definition) is 1. The number of hydrogen-bond acceptors (Lipinski definition) is 5. The number of amides is 1. The zero-order valence-electron chi connectivity index (χ0n) is 16.1. The van der Waals surface area contributed by atoms with Crippen molar-refractivity contribution in [1.29, 1.82) is 0 Å². The first-order valence-electron chi connectivity index (χ1n) is 9.08. The van der Waals surface area contributed by atoms with Crippen LogP contribution in [0.2, 0.25) is 0 Å². The second-order valence-electron chi connectivity index (χ2n) is 7.33. The van der Waals surface area contributed by atoms with Crippen molar-refractivity contribution >= 4 is 27.3 Å². The van der Waals surface area contributed by atoms with Crippen molar-refractivity contribution in [1.82, 2.24) is 5.16 Å². The first-order chi connectivity index (χ1) is 12.7. The molecule has 0 radical (unpaired) electrons. The van der Waals surface area contributed by atoms with Gasteiger partial charge in [0, 0.05) is 24.3 Å². The molecule has 3 rings (SSSR count). The predicted octanol–water partition coefficient (Wildman–Crippen LogP) is 3.42. The summed E-state index contributed by atoms with van der Waals surface area (Å²) in [4.78, 5) is 14.2. The van der Waals surface area contributed by atoms with Gasteiger partial charge in [0.2, 0.25) is 5.91 Å². The minimum atomic E-state index is -3.79. The summed E-state index contributed by atoms with van der Waals surface area (Å²) in [5, 5.41) is 3.71. The largest absolute Gasteiger partial charge is 0.360 e. The third-order valence-electron chi connectivity index (χ3n) is 4.70. The summed E-state index contributed by atoms with van der Waals surface area (Å²) >= 11 is 0. The number of aryl methyl sites for hydroxylation is 3. The first kappa shape index (κ1) is 19.4. The molecular weight excluding hydrogens is 366 g/mol. The molecule has 0 bridgehead atoms. The van der Waals surface area contributed by atoms with Crippen molar-refractivity contribution in [2.45, 2.75) is 51.9 Å². The van der Waals surface area contributed by atoms with E-state index in [1.165, 1.54) is 0 Å². The quantitative estimate of drug-likeness (QED) is 0.814. The zero-order chi connectivity index (χ0) is 19.8. The Morgan fingerprint density at radius 2 is 2.00 bits per heavy atom. The van der Waals surface area contributed by atoms with Gasteiger partial charge < -0.3 is 9.42 Å². The summed E-state index contributed by atoms with van der Waals surface area (Å²) in [5.41, 5.74) is 2.62. The molecule has 1 aromatic carbocycles. The maximum Gasteiger partial charge on any atom is 0.267 e. The van der Waals surface area contributed by atoms with Crippen LogP contribution >= 0.6 is 0 Å². The van der Waals surface area contributed by atoms with Gasteiger partial charge in [0.05, 0.1) is 0 Å². The molecule has 8 heteroatoms. The van der Waals surface area contributed by atoms with E-state index in [9.17, 15) is 13.2 Å². The van der Waals surface area contributed by atoms with Crippen molar-refractivity contribution in [3.05, 3.63) is 35.2 Å². The van der Waals surface area contributed by atoms with Crippen molar-refractivity contribution in [3.63, 3.8) is 0 Å². The van der Waals surface area contributed by atoms with Crippen LogP contribution in [0.25, 0.3) is 0 Å². The minimum absolute atomic E-state index is 0.0639. The second kappa shape index (κ2) is 7.34. The molecule has 0 unspecified atom stereocenters. The summed E-state index contributed by atoms with van der Waals surface area (Å²) in [6, 6.07) is 5.31. The Labute approximate surface area is 159 Å². The Balaban J connectivity index is 1.87. The lowest BCUT2D eigenvalue weighted by atomic mass is 9.99. The maximum atomic E-state index is 12.7. The Hall–Kier alpha value is -2.35. The molecule has 27 heavy (non-hydrogen) atoms. The number of fused-ring (bicyclic) bond motifs is 1. The number of sulfonamides is 1. The molecule has 0 fully saturated rings. The number of nitrogens with zero attached hydrogens (tertiary/aromatic N) is 2. The van der Waals surface area contributed by atoms with E-state index in [0.717, 1.165) is 17.7 Å². The van der Waals surface area contributed by atoms with Crippen molar-refractivity contribution in [2.75, 3.05) is 16.2 Å². The van der Waals surface area contributed by atoms with Crippen LogP contribution in [0.4, 0.5) is 11.4 Å². The van der Waals surface area contributed by atoms with Gasteiger partial charge in [-0.2, -0.15) is 0 Å². The van der Waals surface area contributed by atoms with Crippen molar-refractivity contribution < 1.29 is 17.7 Å². The predicted molar refractivity (Wildman–Crippen MR) is 103 cm³/mol. The fourth-order valence-electron chi connectivity index (χ4n) is 3.32. The molecule has 0 spiro atoms. The third kappa shape index (κ3) is 4.00. The molecule has 0 saturated carbocycles. The highest BCUT2D eigenvalue weighted by atomic mass is 32.2. The Morgan fingerprint density at radius 3 is 2.63 bits per heavy atom. The van der Waals surface area contributed by atoms with Crippen LogP contribution < -0.4 is 9.62 Å². The van der Waals surface area contributed by atoms with Crippen LogP contribution in [-0.4, -0.2) is 26.0 Å². The standard InChI is InChI=1S/C19H25N3O4S/c1-12(2)9-10-22-17-7-6-16(11-15(17)5-8-18(22)23)21-27(24,25)19-13(3)20-26-14(19)4/h6-7,11-12,21H,5,8-10H2,1-4H3. The van der Waals surface area contributed by atoms with Crippen molar-refractivity contribution in [2.24, 2.45) is 5.92 Å². The molecular formula is C19H25N3O4S. The summed E-state index contributed by atoms with van der Waals surface area (Å²) < 4.78 is 32.9. The SMILES string of the molecule is Cc1noc(C)c1S(=O)(=O)Nc1ccc2c(c1)CCC(=O)N2CCC(C)C. The van der Waals surface area contributed by atoms with Crippen molar-refractivity contribution in [3.8, 4) is 0 Å². The van der Waals surface area contributed by atoms with E-state index >= 15 is 0 Å². The van der Waals surface area contributed by atoms with E-state index in [1.807, 2.05) is 11.0 Å². The van der Waals surface area contributed by atoms with Gasteiger partial charge in [0.25, 0.3) is 10.0 Å². The summed E-state index contributed by atoms with van der Waals surface area (Å²) in [6.07, 6.45) is 1.96. The summed E-state index contributed by atoms with van der Waals surface area (Å²) in [5.74, 6) is 0.875. The molecule has 1 aromatic heterocycles. The lowest BCUT2D eigenvalue weighted by Gasteiger charge is -2.30. The molecule has 2 aromatic rings. The highest BCUT2D eigenvalue weighted by Crippen LogP contribution is 2.32. The molecule has 0 saturated heterocycles. The van der Waals surface area contributed by atoms with E-state index in [1.54, 1.807) is 26.0 Å². The van der Waals surface area contributed by atoms with Gasteiger partial charge in [0.1, 0.15) is 5.69 Å². The monoisotopic (exact) mass is 391 g/mol. The number of aromatic nitrogens is 1. The average Bonchev–Trinajstić information content (AvgIpc) is 2.93. The molecule has 146 valence electrons. The number of rotatable bonds is 6. The van der Waals surface area contributed by atoms with Gasteiger partial charge in [-0.15, -0.1) is 0 Å². The Kier molecular flexibility index (Phi) is 5.28. The molecule has 1 N–H and O–H groups in total. The molecule has 7 nitrogen and oxygen atoms in total. The average molecular weight is 391 g/mol. The van der Waals surface area contributed by atoms with E-state index < -0.39 is 10.0 Å². The molecule has 1 aliphatic rings. The highest BCUT2D eigenvalue weighted by molar-refractivity contribution is 7.92. The zero-order valence-corrected chi connectivity index (χ0v) is 16.9. The Morgan fingerprint density at radius 1 is 1.26 bits per heavy atom. The lowest BCUT2D eigenvalue weighted by Crippen LogP contribution is -2.36. The van der Waals surface area contributed by atoms with Gasteiger partial charge in [-0.05, 0) is 56.4 Å². The number of anilines is 2. The number of nitrogens with one attached hydrogen (secondary N) is 1. The molecule has 2 heterocycles. The van der Waals surface area contributed by atoms with Crippen LogP contribution in [0.1, 0.15) is 43.7 Å². The van der Waals surface area contributed by atoms with Gasteiger partial charge in [-0.25, -0.2) is 8.42 Å². The van der Waals surface area contributed by atoms with Crippen LogP contribution in [0, 0.1) is 19.8 Å². The van der Waals surface area contributed by atoms with E-state index in [4.69, 9.17) is 4.52 Å². The van der Waals surface area contributed by atoms with Crippen LogP contribution in [0.15, 0.2) is 27.6 Å². The van der Waals surface area contributed by atoms with Crippen LogP contribution in [0.3, 0.4) is 0 Å². The Bertz CT molecular complexity index is 944. The summed E-state index contributed by atoms with van der Waals surface area (Å²) in [7, 11) is -3.79. The topological polar surface area (TPSA) is 92.5 Å². The number of benzene rings is 1. The summed E-state index contributed by atoms with van der Waals surface area (Å²) in [6.45, 7) is 8.09. The van der Waals surface area contributed by atoms with Crippen LogP contribution in [-0.2, 0) is 21.2 Å². The molecule has 0 aliphatic carbocycles. The fraction of sp³-hybridized carbons (Fsp3) is 0.474. The number of carbonyl (C=O) groups excluding carboxylic acids is 1. The van der Waals surface area contributed by atoms with Gasteiger partial charge in [-0.1, -0.05) is 19.0 Å². The first-order valence-corrected chi connectivity index (χ1v) is 10.6. The maximum absolute atomic E-state index is 12.7. The fourth-order valence-corrected chi connectivity index (χ4v) is 4.70. The molecule has 1 amide bonds. The van der Waals surface area contributed by atoms with Gasteiger partial charge in [0.15, 0.2) is 10.7 Å². The van der Waals surface area contributed by atoms with E-state index in [0.29, 0.717) is 36.7 Å². The van der Waals surface area contributed by atoms with Gasteiger partial charge >= 0.3 is 0 Å². The number of carbonyl (C=O) groups is 1.